The molecule has 0 radical (unpaired) electrons. The molecule has 1 aromatic rings. The van der Waals surface area contributed by atoms with E-state index >= 15 is 0 Å². The van der Waals surface area contributed by atoms with E-state index in [0.29, 0.717) is 18.1 Å². The molecule has 2 unspecified atom stereocenters. The zero-order valence-corrected chi connectivity index (χ0v) is 11.9. The molecular formula is C14H20N2O2S. The van der Waals surface area contributed by atoms with Gasteiger partial charge in [0.05, 0.1) is 0 Å². The molecule has 1 aliphatic carbocycles. The fourth-order valence-electron chi connectivity index (χ4n) is 2.50. The van der Waals surface area contributed by atoms with Crippen LogP contribution >= 0.6 is 11.8 Å². The summed E-state index contributed by atoms with van der Waals surface area (Å²) in [5.74, 6) is -0.709. The minimum Gasteiger partial charge on any atom is -0.480 e. The number of aliphatic carboxylic acids is 1. The Bertz CT molecular complexity index is 427. The summed E-state index contributed by atoms with van der Waals surface area (Å²) in [7, 11) is 0. The summed E-state index contributed by atoms with van der Waals surface area (Å²) in [5.41, 5.74) is -0.722. The highest BCUT2D eigenvalue weighted by Crippen LogP contribution is 2.40. The zero-order valence-electron chi connectivity index (χ0n) is 11.1. The van der Waals surface area contributed by atoms with Crippen molar-refractivity contribution in [2.45, 2.75) is 48.3 Å². The maximum Gasteiger partial charge on any atom is 0.323 e. The molecule has 2 N–H and O–H groups in total. The summed E-state index contributed by atoms with van der Waals surface area (Å²) >= 11 is 1.76. The number of hydrogen-bond acceptors (Lipinski definition) is 4. The normalized spacial score (nSPS) is 26.5. The predicted molar refractivity (Wildman–Crippen MR) is 76.4 cm³/mol. The Kier molecular flexibility index (Phi) is 4.82. The van der Waals surface area contributed by atoms with Gasteiger partial charge in [-0.05, 0) is 44.4 Å². The maximum absolute atomic E-state index is 11.5. The summed E-state index contributed by atoms with van der Waals surface area (Å²) < 4.78 is 0. The van der Waals surface area contributed by atoms with Gasteiger partial charge in [0, 0.05) is 22.5 Å². The van der Waals surface area contributed by atoms with Gasteiger partial charge < -0.3 is 10.4 Å². The lowest BCUT2D eigenvalue weighted by Crippen LogP contribution is -2.50. The van der Waals surface area contributed by atoms with Gasteiger partial charge in [-0.25, -0.2) is 0 Å². The lowest BCUT2D eigenvalue weighted by Gasteiger charge is -2.25. The van der Waals surface area contributed by atoms with Crippen LogP contribution in [0.25, 0.3) is 0 Å². The Morgan fingerprint density at radius 2 is 2.32 bits per heavy atom. The van der Waals surface area contributed by atoms with Crippen molar-refractivity contribution in [3.8, 4) is 0 Å². The molecule has 0 aromatic carbocycles. The molecule has 0 bridgehead atoms. The summed E-state index contributed by atoms with van der Waals surface area (Å²) in [6.45, 7) is 2.82. The van der Waals surface area contributed by atoms with Gasteiger partial charge in [-0.15, -0.1) is 11.8 Å². The van der Waals surface area contributed by atoms with Crippen molar-refractivity contribution in [2.75, 3.05) is 6.54 Å². The molecule has 0 spiro atoms. The fraction of sp³-hybridized carbons (Fsp3) is 0.571. The molecule has 1 aliphatic rings. The van der Waals surface area contributed by atoms with Crippen LogP contribution in [0.5, 0.6) is 0 Å². The van der Waals surface area contributed by atoms with E-state index in [4.69, 9.17) is 0 Å². The molecular weight excluding hydrogens is 260 g/mol. The highest BCUT2D eigenvalue weighted by atomic mass is 32.2. The van der Waals surface area contributed by atoms with Crippen LogP contribution in [0.1, 0.15) is 32.6 Å². The largest absolute Gasteiger partial charge is 0.480 e. The quantitative estimate of drug-likeness (QED) is 0.838. The second-order valence-electron chi connectivity index (χ2n) is 4.98. The second-order valence-corrected chi connectivity index (χ2v) is 6.35. The number of aromatic nitrogens is 1. The van der Waals surface area contributed by atoms with E-state index in [9.17, 15) is 9.90 Å². The molecule has 0 saturated heterocycles. The van der Waals surface area contributed by atoms with Crippen molar-refractivity contribution in [3.63, 3.8) is 0 Å². The lowest BCUT2D eigenvalue weighted by molar-refractivity contribution is -0.144. The molecule has 2 atom stereocenters. The third-order valence-corrected chi connectivity index (χ3v) is 4.82. The third kappa shape index (κ3) is 3.48. The number of rotatable bonds is 6. The van der Waals surface area contributed by atoms with Crippen LogP contribution < -0.4 is 5.32 Å². The van der Waals surface area contributed by atoms with E-state index in [0.717, 1.165) is 24.3 Å². The molecule has 1 aromatic heterocycles. The number of thioether (sulfide) groups is 1. The highest BCUT2D eigenvalue weighted by molar-refractivity contribution is 8.00. The number of carboxylic acids is 1. The summed E-state index contributed by atoms with van der Waals surface area (Å²) in [6.07, 6.45) is 6.85. The molecule has 0 aliphatic heterocycles. The minimum atomic E-state index is -0.722. The van der Waals surface area contributed by atoms with E-state index in [1.54, 1.807) is 24.2 Å². The average molecular weight is 280 g/mol. The fourth-order valence-corrected chi connectivity index (χ4v) is 3.77. The number of pyridine rings is 1. The van der Waals surface area contributed by atoms with Crippen molar-refractivity contribution in [2.24, 2.45) is 0 Å². The molecule has 1 heterocycles. The van der Waals surface area contributed by atoms with Crippen LogP contribution in [0, 0.1) is 0 Å². The van der Waals surface area contributed by atoms with Gasteiger partial charge in [0.1, 0.15) is 5.54 Å². The Balaban J connectivity index is 1.98. The van der Waals surface area contributed by atoms with Gasteiger partial charge >= 0.3 is 5.97 Å². The highest BCUT2D eigenvalue weighted by Gasteiger charge is 2.45. The number of carbonyl (C=O) groups is 1. The number of nitrogens with zero attached hydrogens (tertiary/aromatic N) is 1. The Labute approximate surface area is 118 Å². The number of hydrogen-bond donors (Lipinski definition) is 2. The van der Waals surface area contributed by atoms with Crippen LogP contribution in [0.15, 0.2) is 29.4 Å². The summed E-state index contributed by atoms with van der Waals surface area (Å²) in [5, 5.41) is 13.1. The first-order valence-corrected chi connectivity index (χ1v) is 7.59. The van der Waals surface area contributed by atoms with E-state index < -0.39 is 11.5 Å². The summed E-state index contributed by atoms with van der Waals surface area (Å²) in [6, 6.07) is 3.95. The monoisotopic (exact) mass is 280 g/mol. The molecule has 19 heavy (non-hydrogen) atoms. The second kappa shape index (κ2) is 6.39. The van der Waals surface area contributed by atoms with Crippen molar-refractivity contribution < 1.29 is 9.90 Å². The van der Waals surface area contributed by atoms with E-state index in [-0.39, 0.29) is 0 Å². The van der Waals surface area contributed by atoms with Crippen molar-refractivity contribution in [1.82, 2.24) is 10.3 Å². The summed E-state index contributed by atoms with van der Waals surface area (Å²) in [4.78, 5) is 16.7. The van der Waals surface area contributed by atoms with Gasteiger partial charge in [-0.1, -0.05) is 6.92 Å². The van der Waals surface area contributed by atoms with Crippen LogP contribution in [0.2, 0.25) is 0 Å². The molecule has 2 rings (SSSR count). The topological polar surface area (TPSA) is 62.2 Å². The van der Waals surface area contributed by atoms with Gasteiger partial charge in [-0.3, -0.25) is 9.78 Å². The SMILES string of the molecule is CCCNC1(C(=O)O)CCC(Sc2ccncc2)C1. The molecule has 5 heteroatoms. The van der Waals surface area contributed by atoms with E-state index in [2.05, 4.69) is 17.2 Å². The van der Waals surface area contributed by atoms with Gasteiger partial charge in [0.2, 0.25) is 0 Å². The molecule has 0 amide bonds. The maximum atomic E-state index is 11.5. The molecule has 1 fully saturated rings. The minimum absolute atomic E-state index is 0.364. The number of carboxylic acid groups (broad SMARTS) is 1. The van der Waals surface area contributed by atoms with Crippen LogP contribution in [0.3, 0.4) is 0 Å². The smallest absolute Gasteiger partial charge is 0.323 e. The van der Waals surface area contributed by atoms with Crippen LogP contribution in [-0.4, -0.2) is 33.4 Å². The van der Waals surface area contributed by atoms with E-state index in [1.165, 1.54) is 0 Å². The molecule has 4 nitrogen and oxygen atoms in total. The Morgan fingerprint density at radius 1 is 1.58 bits per heavy atom. The van der Waals surface area contributed by atoms with Crippen molar-refractivity contribution in [1.29, 1.82) is 0 Å². The van der Waals surface area contributed by atoms with Crippen molar-refractivity contribution >= 4 is 17.7 Å². The third-order valence-electron chi connectivity index (χ3n) is 3.54. The van der Waals surface area contributed by atoms with Gasteiger partial charge in [0.25, 0.3) is 0 Å². The standard InChI is InChI=1S/C14H20N2O2S/c1-2-7-16-14(13(17)18)6-3-12(10-14)19-11-4-8-15-9-5-11/h4-5,8-9,12,16H,2-3,6-7,10H2,1H3,(H,17,18). The first-order chi connectivity index (χ1) is 9.16. The van der Waals surface area contributed by atoms with Crippen molar-refractivity contribution in [3.05, 3.63) is 24.5 Å². The van der Waals surface area contributed by atoms with Gasteiger partial charge in [0.15, 0.2) is 0 Å². The predicted octanol–water partition coefficient (Wildman–Crippen LogP) is 2.55. The molecule has 1 saturated carbocycles. The Morgan fingerprint density at radius 3 is 2.95 bits per heavy atom. The Hall–Kier alpha value is -1.07. The lowest BCUT2D eigenvalue weighted by atomic mass is 9.98. The molecule has 104 valence electrons. The van der Waals surface area contributed by atoms with Crippen LogP contribution in [0.4, 0.5) is 0 Å². The average Bonchev–Trinajstić information content (AvgIpc) is 2.82. The zero-order chi connectivity index (χ0) is 13.7. The first-order valence-electron chi connectivity index (χ1n) is 6.71. The van der Waals surface area contributed by atoms with E-state index in [1.807, 2.05) is 12.1 Å². The van der Waals surface area contributed by atoms with Crippen LogP contribution in [-0.2, 0) is 4.79 Å². The first kappa shape index (κ1) is 14.3. The van der Waals surface area contributed by atoms with Gasteiger partial charge in [-0.2, -0.15) is 0 Å². The number of nitrogens with one attached hydrogen (secondary N) is 1.